The van der Waals surface area contributed by atoms with Crippen molar-refractivity contribution < 1.29 is 24.1 Å². The Balaban J connectivity index is 1.74. The third kappa shape index (κ3) is 3.57. The first kappa shape index (κ1) is 22.1. The van der Waals surface area contributed by atoms with Crippen LogP contribution in [0.25, 0.3) is 0 Å². The van der Waals surface area contributed by atoms with E-state index < -0.39 is 5.72 Å². The van der Waals surface area contributed by atoms with E-state index in [4.69, 9.17) is 14.2 Å². The lowest BCUT2D eigenvalue weighted by molar-refractivity contribution is -0.149. The summed E-state index contributed by atoms with van der Waals surface area (Å²) < 4.78 is 16.1. The number of allylic oxidation sites excluding steroid dienone is 1. The molecule has 1 saturated heterocycles. The first-order valence-electron chi connectivity index (χ1n) is 10.2. The fourth-order valence-corrected chi connectivity index (χ4v) is 5.53. The highest BCUT2D eigenvalue weighted by atomic mass is 32.2. The van der Waals surface area contributed by atoms with Gasteiger partial charge in [-0.15, -0.1) is 11.8 Å². The van der Waals surface area contributed by atoms with Crippen molar-refractivity contribution in [2.24, 2.45) is 0 Å². The molecule has 0 saturated carbocycles. The molecule has 166 valence electrons. The molecule has 0 unspecified atom stereocenters. The van der Waals surface area contributed by atoms with Gasteiger partial charge in [0.25, 0.3) is 0 Å². The van der Waals surface area contributed by atoms with E-state index in [0.717, 1.165) is 11.3 Å². The number of carbonyl (C=O) groups excluding carboxylic acids is 1. The second-order valence-corrected chi connectivity index (χ2v) is 8.46. The zero-order valence-corrected chi connectivity index (χ0v) is 18.9. The fourth-order valence-electron chi connectivity index (χ4n) is 4.17. The number of nitriles is 1. The van der Waals surface area contributed by atoms with Gasteiger partial charge < -0.3 is 19.3 Å². The number of benzene rings is 2. The lowest BCUT2D eigenvalue weighted by Gasteiger charge is -2.38. The van der Waals surface area contributed by atoms with Crippen LogP contribution < -0.4 is 14.2 Å². The van der Waals surface area contributed by atoms with Crippen LogP contribution in [0.5, 0.6) is 17.2 Å². The molecule has 1 N–H and O–H groups in total. The highest BCUT2D eigenvalue weighted by molar-refractivity contribution is 8.03. The minimum atomic E-state index is -1.58. The predicted octanol–water partition coefficient (Wildman–Crippen LogP) is 3.75. The Kier molecular flexibility index (Phi) is 6.04. The summed E-state index contributed by atoms with van der Waals surface area (Å²) in [5.74, 6) is 1.33. The number of amides is 1. The molecule has 0 radical (unpaired) electrons. The number of nitrogens with zero attached hydrogens (tertiary/aromatic N) is 2. The molecular weight excluding hydrogens is 428 g/mol. The number of hydrogen-bond acceptors (Lipinski definition) is 7. The Bertz CT molecular complexity index is 1110. The second kappa shape index (κ2) is 8.77. The lowest BCUT2D eigenvalue weighted by atomic mass is 9.85. The molecule has 7 nitrogen and oxygen atoms in total. The molecule has 8 heteroatoms. The molecule has 32 heavy (non-hydrogen) atoms. The molecule has 2 aliphatic heterocycles. The summed E-state index contributed by atoms with van der Waals surface area (Å²) >= 11 is 1.31. The van der Waals surface area contributed by atoms with Crippen LogP contribution in [0.2, 0.25) is 0 Å². The third-order valence-corrected chi connectivity index (χ3v) is 6.97. The van der Waals surface area contributed by atoms with E-state index in [2.05, 4.69) is 6.07 Å². The molecule has 4 rings (SSSR count). The van der Waals surface area contributed by atoms with Gasteiger partial charge in [0.1, 0.15) is 5.75 Å². The van der Waals surface area contributed by atoms with Crippen LogP contribution in [0.3, 0.4) is 0 Å². The van der Waals surface area contributed by atoms with Gasteiger partial charge in [0.15, 0.2) is 17.2 Å². The maximum atomic E-state index is 13.3. The van der Waals surface area contributed by atoms with Gasteiger partial charge in [0.2, 0.25) is 5.91 Å². The zero-order valence-electron chi connectivity index (χ0n) is 18.1. The molecule has 0 aromatic heterocycles. The number of ether oxygens (including phenoxy) is 3. The maximum Gasteiger partial charge on any atom is 0.231 e. The number of rotatable bonds is 6. The normalized spacial score (nSPS) is 22.4. The second-order valence-electron chi connectivity index (χ2n) is 7.49. The number of fused-ring (bicyclic) bond motifs is 1. The summed E-state index contributed by atoms with van der Waals surface area (Å²) in [7, 11) is 3.05. The molecule has 1 amide bonds. The lowest BCUT2D eigenvalue weighted by Crippen LogP contribution is -2.48. The van der Waals surface area contributed by atoms with Crippen molar-refractivity contribution in [2.75, 3.05) is 26.6 Å². The molecule has 0 aliphatic carbocycles. The average Bonchev–Trinajstić information content (AvgIpc) is 3.18. The van der Waals surface area contributed by atoms with E-state index in [9.17, 15) is 15.2 Å². The molecule has 2 aliphatic rings. The minimum Gasteiger partial charge on any atom is -0.494 e. The molecule has 2 aromatic rings. The molecule has 2 aromatic carbocycles. The summed E-state index contributed by atoms with van der Waals surface area (Å²) in [4.78, 5) is 14.6. The highest BCUT2D eigenvalue weighted by Crippen LogP contribution is 2.52. The standard InChI is InChI=1S/C24H24N2O5S/c1-4-31-17-8-5-15(6-9-17)18-12-22(27)26-23(19(18)13-25)32-14-24(26,28)16-7-10-20(29-2)21(11-16)30-3/h5-11,18,28H,4,12,14H2,1-3H3/t18-,24-/m1/s1. The fraction of sp³-hybridized carbons (Fsp3) is 0.333. The van der Waals surface area contributed by atoms with Crippen LogP contribution in [-0.4, -0.2) is 42.5 Å². The van der Waals surface area contributed by atoms with E-state index in [0.29, 0.717) is 34.3 Å². The number of methoxy groups -OCH3 is 2. The third-order valence-electron chi connectivity index (χ3n) is 5.75. The van der Waals surface area contributed by atoms with E-state index >= 15 is 0 Å². The summed E-state index contributed by atoms with van der Waals surface area (Å²) in [5.41, 5.74) is 0.272. The van der Waals surface area contributed by atoms with Gasteiger partial charge in [0, 0.05) is 17.9 Å². The maximum absolute atomic E-state index is 13.3. The zero-order chi connectivity index (χ0) is 22.9. The molecular formula is C24H24N2O5S. The van der Waals surface area contributed by atoms with Crippen molar-refractivity contribution in [3.63, 3.8) is 0 Å². The Morgan fingerprint density at radius 2 is 1.91 bits per heavy atom. The van der Waals surface area contributed by atoms with Gasteiger partial charge >= 0.3 is 0 Å². The summed E-state index contributed by atoms with van der Waals surface area (Å²) in [6, 6.07) is 14.8. The Morgan fingerprint density at radius 3 is 2.53 bits per heavy atom. The number of aliphatic hydroxyl groups is 1. The quantitative estimate of drug-likeness (QED) is 0.714. The van der Waals surface area contributed by atoms with Crippen LogP contribution in [0.1, 0.15) is 30.4 Å². The molecule has 2 atom stereocenters. The van der Waals surface area contributed by atoms with Crippen molar-refractivity contribution in [1.29, 1.82) is 5.26 Å². The van der Waals surface area contributed by atoms with Crippen LogP contribution in [0, 0.1) is 11.3 Å². The van der Waals surface area contributed by atoms with Gasteiger partial charge in [-0.25, -0.2) is 0 Å². The summed E-state index contributed by atoms with van der Waals surface area (Å²) in [6.07, 6.45) is 0.0938. The smallest absolute Gasteiger partial charge is 0.231 e. The van der Waals surface area contributed by atoms with Gasteiger partial charge in [-0.2, -0.15) is 5.26 Å². The number of carbonyl (C=O) groups is 1. The molecule has 0 spiro atoms. The molecule has 0 bridgehead atoms. The number of thioether (sulfide) groups is 1. The monoisotopic (exact) mass is 452 g/mol. The van der Waals surface area contributed by atoms with Gasteiger partial charge in [0.05, 0.1) is 43.3 Å². The summed E-state index contributed by atoms with van der Waals surface area (Å²) in [5, 5.41) is 22.1. The van der Waals surface area contributed by atoms with E-state index in [-0.39, 0.29) is 24.0 Å². The van der Waals surface area contributed by atoms with Crippen LogP contribution in [-0.2, 0) is 10.5 Å². The Hall–Kier alpha value is -3.15. The average molecular weight is 453 g/mol. The van der Waals surface area contributed by atoms with Gasteiger partial charge in [-0.05, 0) is 36.8 Å². The van der Waals surface area contributed by atoms with Crippen LogP contribution in [0.15, 0.2) is 53.1 Å². The molecule has 1 fully saturated rings. The topological polar surface area (TPSA) is 92.0 Å². The summed E-state index contributed by atoms with van der Waals surface area (Å²) in [6.45, 7) is 2.48. The van der Waals surface area contributed by atoms with E-state index in [1.54, 1.807) is 18.2 Å². The number of hydrogen-bond donors (Lipinski definition) is 1. The Labute approximate surface area is 191 Å². The first-order chi connectivity index (χ1) is 15.5. The van der Waals surface area contributed by atoms with Crippen molar-refractivity contribution >= 4 is 17.7 Å². The highest BCUT2D eigenvalue weighted by Gasteiger charge is 2.52. The van der Waals surface area contributed by atoms with Crippen molar-refractivity contribution in [2.45, 2.75) is 25.0 Å². The first-order valence-corrected chi connectivity index (χ1v) is 11.2. The van der Waals surface area contributed by atoms with Crippen LogP contribution >= 0.6 is 11.8 Å². The molecule has 2 heterocycles. The Morgan fingerprint density at radius 1 is 1.19 bits per heavy atom. The van der Waals surface area contributed by atoms with Crippen LogP contribution in [0.4, 0.5) is 0 Å². The van der Waals surface area contributed by atoms with Crippen molar-refractivity contribution in [1.82, 2.24) is 4.90 Å². The van der Waals surface area contributed by atoms with Crippen molar-refractivity contribution in [3.8, 4) is 23.3 Å². The van der Waals surface area contributed by atoms with E-state index in [1.165, 1.54) is 30.9 Å². The predicted molar refractivity (Wildman–Crippen MR) is 120 cm³/mol. The van der Waals surface area contributed by atoms with E-state index in [1.807, 2.05) is 31.2 Å². The largest absolute Gasteiger partial charge is 0.494 e. The SMILES string of the molecule is CCOc1ccc([C@H]2CC(=O)N3C(=C2C#N)SC[C@@]3(O)c2ccc(OC)c(OC)c2)cc1. The minimum absolute atomic E-state index is 0.0938. The van der Waals surface area contributed by atoms with Gasteiger partial charge in [-0.3, -0.25) is 9.69 Å². The van der Waals surface area contributed by atoms with Crippen molar-refractivity contribution in [3.05, 3.63) is 64.2 Å². The van der Waals surface area contributed by atoms with Gasteiger partial charge in [-0.1, -0.05) is 18.2 Å².